The molecule has 0 bridgehead atoms. The molecule has 10 heteroatoms. The number of amides is 1. The minimum atomic E-state index is -0.144. The van der Waals surface area contributed by atoms with E-state index in [1.807, 2.05) is 40.6 Å². The van der Waals surface area contributed by atoms with Gasteiger partial charge in [-0.15, -0.1) is 10.2 Å². The zero-order valence-corrected chi connectivity index (χ0v) is 18.2. The third kappa shape index (κ3) is 4.64. The highest BCUT2D eigenvalue weighted by molar-refractivity contribution is 5.95. The van der Waals surface area contributed by atoms with Crippen molar-refractivity contribution in [1.82, 2.24) is 39.8 Å². The standard InChI is InChI=1S/C22H25N9O/c1-15(2)31-18(7-10-27-31)12-25-22(32)16-5-4-6-17(11-16)24-13-20-28-29-21(30(20)3)19-8-9-23-14-26-19/h4-11,14-15,24H,12-13H2,1-3H3,(H,25,32). The van der Waals surface area contributed by atoms with Gasteiger partial charge in [0.2, 0.25) is 0 Å². The number of rotatable bonds is 8. The third-order valence-corrected chi connectivity index (χ3v) is 5.02. The Labute approximate surface area is 185 Å². The van der Waals surface area contributed by atoms with Crippen molar-refractivity contribution >= 4 is 11.6 Å². The second-order valence-corrected chi connectivity index (χ2v) is 7.57. The summed E-state index contributed by atoms with van der Waals surface area (Å²) in [7, 11) is 1.89. The zero-order valence-electron chi connectivity index (χ0n) is 18.2. The molecular weight excluding hydrogens is 406 g/mol. The number of hydrogen-bond donors (Lipinski definition) is 2. The first-order valence-electron chi connectivity index (χ1n) is 10.3. The normalized spacial score (nSPS) is 11.0. The Hall–Kier alpha value is -4.08. The molecule has 4 rings (SSSR count). The highest BCUT2D eigenvalue weighted by Gasteiger charge is 2.13. The number of anilines is 1. The molecule has 0 radical (unpaired) electrons. The lowest BCUT2D eigenvalue weighted by molar-refractivity contribution is 0.0949. The molecule has 32 heavy (non-hydrogen) atoms. The maximum atomic E-state index is 12.7. The van der Waals surface area contributed by atoms with Crippen LogP contribution in [0.25, 0.3) is 11.5 Å². The van der Waals surface area contributed by atoms with Crippen molar-refractivity contribution < 1.29 is 4.79 Å². The molecule has 0 saturated carbocycles. The summed E-state index contributed by atoms with van der Waals surface area (Å²) < 4.78 is 3.78. The average molecular weight is 432 g/mol. The Morgan fingerprint density at radius 1 is 1.09 bits per heavy atom. The molecule has 164 valence electrons. The molecular formula is C22H25N9O. The maximum absolute atomic E-state index is 12.7. The fraction of sp³-hybridized carbons (Fsp3) is 0.273. The van der Waals surface area contributed by atoms with Crippen molar-refractivity contribution in [3.63, 3.8) is 0 Å². The van der Waals surface area contributed by atoms with Crippen LogP contribution in [-0.4, -0.2) is 40.4 Å². The molecule has 0 spiro atoms. The number of nitrogens with one attached hydrogen (secondary N) is 2. The summed E-state index contributed by atoms with van der Waals surface area (Å²) >= 11 is 0. The summed E-state index contributed by atoms with van der Waals surface area (Å²) in [6.45, 7) is 4.98. The van der Waals surface area contributed by atoms with Crippen LogP contribution in [0.3, 0.4) is 0 Å². The Kier molecular flexibility index (Phi) is 6.20. The van der Waals surface area contributed by atoms with E-state index in [2.05, 4.69) is 49.7 Å². The van der Waals surface area contributed by atoms with Crippen LogP contribution >= 0.6 is 0 Å². The van der Waals surface area contributed by atoms with Crippen LogP contribution in [0.1, 0.15) is 41.8 Å². The van der Waals surface area contributed by atoms with Crippen LogP contribution in [0.2, 0.25) is 0 Å². The van der Waals surface area contributed by atoms with E-state index in [-0.39, 0.29) is 11.9 Å². The van der Waals surface area contributed by atoms with Crippen LogP contribution in [-0.2, 0) is 20.1 Å². The topological polar surface area (TPSA) is 115 Å². The highest BCUT2D eigenvalue weighted by Crippen LogP contribution is 2.16. The number of aromatic nitrogens is 7. The van der Waals surface area contributed by atoms with Gasteiger partial charge < -0.3 is 15.2 Å². The number of benzene rings is 1. The van der Waals surface area contributed by atoms with Gasteiger partial charge in [-0.2, -0.15) is 5.10 Å². The predicted octanol–water partition coefficient (Wildman–Crippen LogP) is 2.59. The van der Waals surface area contributed by atoms with E-state index < -0.39 is 0 Å². The van der Waals surface area contributed by atoms with Crippen LogP contribution in [0, 0.1) is 0 Å². The first-order chi connectivity index (χ1) is 15.5. The summed E-state index contributed by atoms with van der Waals surface area (Å²) in [5, 5.41) is 19.0. The minimum Gasteiger partial charge on any atom is -0.378 e. The van der Waals surface area contributed by atoms with Crippen molar-refractivity contribution in [2.24, 2.45) is 7.05 Å². The second kappa shape index (κ2) is 9.38. The Balaban J connectivity index is 1.39. The van der Waals surface area contributed by atoms with Crippen molar-refractivity contribution in [3.8, 4) is 11.5 Å². The summed E-state index contributed by atoms with van der Waals surface area (Å²) in [5.74, 6) is 1.27. The SMILES string of the molecule is CC(C)n1nccc1CNC(=O)c1cccc(NCc2nnc(-c3ccncn3)n2C)c1. The molecule has 3 heterocycles. The van der Waals surface area contributed by atoms with Crippen LogP contribution in [0.5, 0.6) is 0 Å². The van der Waals surface area contributed by atoms with Crippen molar-refractivity contribution in [3.05, 3.63) is 72.2 Å². The van der Waals surface area contributed by atoms with Gasteiger partial charge in [-0.25, -0.2) is 9.97 Å². The van der Waals surface area contributed by atoms with Crippen LogP contribution < -0.4 is 10.6 Å². The summed E-state index contributed by atoms with van der Waals surface area (Å²) in [4.78, 5) is 20.8. The molecule has 0 atom stereocenters. The molecule has 0 saturated heterocycles. The molecule has 0 fully saturated rings. The smallest absolute Gasteiger partial charge is 0.251 e. The van der Waals surface area contributed by atoms with E-state index in [1.54, 1.807) is 24.5 Å². The van der Waals surface area contributed by atoms with Crippen LogP contribution in [0.15, 0.2) is 55.1 Å². The third-order valence-electron chi connectivity index (χ3n) is 5.02. The van der Waals surface area contributed by atoms with E-state index in [0.29, 0.717) is 30.2 Å². The van der Waals surface area contributed by atoms with E-state index in [0.717, 1.165) is 17.2 Å². The molecule has 0 aliphatic heterocycles. The Morgan fingerprint density at radius 3 is 2.75 bits per heavy atom. The fourth-order valence-corrected chi connectivity index (χ4v) is 3.33. The van der Waals surface area contributed by atoms with Gasteiger partial charge in [-0.05, 0) is 44.2 Å². The lowest BCUT2D eigenvalue weighted by Gasteiger charge is -2.12. The van der Waals surface area contributed by atoms with E-state index in [1.165, 1.54) is 6.33 Å². The first-order valence-corrected chi connectivity index (χ1v) is 10.3. The van der Waals surface area contributed by atoms with Gasteiger partial charge in [0.15, 0.2) is 11.6 Å². The number of hydrogen-bond acceptors (Lipinski definition) is 7. The Bertz CT molecular complexity index is 1200. The Morgan fingerprint density at radius 2 is 1.97 bits per heavy atom. The molecule has 0 aliphatic carbocycles. The highest BCUT2D eigenvalue weighted by atomic mass is 16.1. The molecule has 3 aromatic heterocycles. The summed E-state index contributed by atoms with van der Waals surface area (Å²) in [6, 6.07) is 11.3. The molecule has 2 N–H and O–H groups in total. The molecule has 0 unspecified atom stereocenters. The minimum absolute atomic E-state index is 0.144. The first kappa shape index (κ1) is 21.2. The van der Waals surface area contributed by atoms with Crippen molar-refractivity contribution in [1.29, 1.82) is 0 Å². The number of nitrogens with zero attached hydrogens (tertiary/aromatic N) is 7. The summed E-state index contributed by atoms with van der Waals surface area (Å²) in [6.07, 6.45) is 4.89. The quantitative estimate of drug-likeness (QED) is 0.440. The predicted molar refractivity (Wildman–Crippen MR) is 120 cm³/mol. The molecule has 0 aliphatic rings. The lowest BCUT2D eigenvalue weighted by atomic mass is 10.2. The van der Waals surface area contributed by atoms with Gasteiger partial charge in [-0.1, -0.05) is 6.07 Å². The van der Waals surface area contributed by atoms with E-state index in [4.69, 9.17) is 0 Å². The molecule has 1 aromatic carbocycles. The average Bonchev–Trinajstić information content (AvgIpc) is 3.43. The zero-order chi connectivity index (χ0) is 22.5. The number of carbonyl (C=O) groups is 1. The van der Waals surface area contributed by atoms with Crippen molar-refractivity contribution in [2.45, 2.75) is 33.0 Å². The molecule has 4 aromatic rings. The lowest BCUT2D eigenvalue weighted by Crippen LogP contribution is -2.25. The van der Waals surface area contributed by atoms with Gasteiger partial charge in [0.1, 0.15) is 12.0 Å². The largest absolute Gasteiger partial charge is 0.378 e. The van der Waals surface area contributed by atoms with Gasteiger partial charge in [-0.3, -0.25) is 9.48 Å². The molecule has 10 nitrogen and oxygen atoms in total. The number of carbonyl (C=O) groups excluding carboxylic acids is 1. The van der Waals surface area contributed by atoms with Gasteiger partial charge >= 0.3 is 0 Å². The van der Waals surface area contributed by atoms with E-state index in [9.17, 15) is 4.79 Å². The van der Waals surface area contributed by atoms with E-state index >= 15 is 0 Å². The van der Waals surface area contributed by atoms with Gasteiger partial charge in [0.25, 0.3) is 5.91 Å². The summed E-state index contributed by atoms with van der Waals surface area (Å²) in [5.41, 5.74) is 3.06. The fourth-order valence-electron chi connectivity index (χ4n) is 3.33. The van der Waals surface area contributed by atoms with Crippen LogP contribution in [0.4, 0.5) is 5.69 Å². The van der Waals surface area contributed by atoms with Crippen molar-refractivity contribution in [2.75, 3.05) is 5.32 Å². The molecule has 1 amide bonds. The van der Waals surface area contributed by atoms with Gasteiger partial charge in [0, 0.05) is 36.7 Å². The van der Waals surface area contributed by atoms with Gasteiger partial charge in [0.05, 0.1) is 18.8 Å². The maximum Gasteiger partial charge on any atom is 0.251 e. The second-order valence-electron chi connectivity index (χ2n) is 7.57. The monoisotopic (exact) mass is 431 g/mol.